The molecule has 2 unspecified atom stereocenters. The van der Waals surface area contributed by atoms with Crippen molar-refractivity contribution >= 4 is 16.0 Å². The van der Waals surface area contributed by atoms with Crippen molar-refractivity contribution in [2.75, 3.05) is 38.5 Å². The standard InChI is InChI=1S/C25H50N2O5S.Na.H2O/c1-2-3-4-5-6-7-8-9-10-11-12-13-14-15-16-17-25-26-18-19-27(25,20-21-28)22-24(29)23-33(30,31)32;;/h24,28-29H,2-23H2,1H3;;1H2/q;+1;/p-1. The number of aliphatic hydroxyl groups is 2. The van der Waals surface area contributed by atoms with Crippen LogP contribution in [0.1, 0.15) is 110 Å². The summed E-state index contributed by atoms with van der Waals surface area (Å²) in [7, 11) is -4.48. The van der Waals surface area contributed by atoms with Gasteiger partial charge in [0.05, 0.1) is 29.0 Å². The van der Waals surface area contributed by atoms with Gasteiger partial charge >= 0.3 is 29.6 Å². The van der Waals surface area contributed by atoms with Crippen LogP contribution in [-0.4, -0.2) is 83.6 Å². The normalized spacial score (nSPS) is 18.6. The first-order valence-electron chi connectivity index (χ1n) is 13.5. The summed E-state index contributed by atoms with van der Waals surface area (Å²) in [5, 5.41) is 19.7. The number of rotatable bonds is 22. The van der Waals surface area contributed by atoms with Crippen LogP contribution >= 0.6 is 0 Å². The van der Waals surface area contributed by atoms with Gasteiger partial charge < -0.3 is 20.2 Å². The fourth-order valence-corrected chi connectivity index (χ4v) is 5.61. The molecule has 1 aliphatic rings. The third-order valence-electron chi connectivity index (χ3n) is 6.86. The fraction of sp³-hybridized carbons (Fsp3) is 0.960. The Balaban J connectivity index is 0. The Morgan fingerprint density at radius 2 is 1.37 bits per heavy atom. The van der Waals surface area contributed by atoms with E-state index < -0.39 is 22.0 Å². The molecule has 0 radical (unpaired) electrons. The van der Waals surface area contributed by atoms with Crippen LogP contribution in [0.15, 0.2) is 4.99 Å². The maximum Gasteiger partial charge on any atom is 1.00 e. The molecule has 204 valence electrons. The smallest absolute Gasteiger partial charge is 0.870 e. The van der Waals surface area contributed by atoms with Crippen LogP contribution in [0.3, 0.4) is 0 Å². The third-order valence-corrected chi connectivity index (χ3v) is 7.65. The first-order chi connectivity index (χ1) is 15.8. The summed E-state index contributed by atoms with van der Waals surface area (Å²) in [6, 6.07) is 0. The van der Waals surface area contributed by atoms with Crippen LogP contribution in [0.25, 0.3) is 0 Å². The maximum absolute atomic E-state index is 11.0. The molecule has 0 bridgehead atoms. The molecule has 1 rings (SSSR count). The van der Waals surface area contributed by atoms with E-state index >= 15 is 0 Å². The predicted molar refractivity (Wildman–Crippen MR) is 136 cm³/mol. The molecule has 0 amide bonds. The second-order valence-corrected chi connectivity index (χ2v) is 11.3. The van der Waals surface area contributed by atoms with Crippen molar-refractivity contribution in [2.45, 2.75) is 116 Å². The van der Waals surface area contributed by atoms with Gasteiger partial charge in [0, 0.05) is 6.42 Å². The van der Waals surface area contributed by atoms with Crippen molar-refractivity contribution in [1.82, 2.24) is 0 Å². The summed E-state index contributed by atoms with van der Waals surface area (Å²) in [5.41, 5.74) is 0. The van der Waals surface area contributed by atoms with Crippen LogP contribution in [-0.2, 0) is 10.1 Å². The van der Waals surface area contributed by atoms with Gasteiger partial charge in [0.15, 0.2) is 5.84 Å². The quantitative estimate of drug-likeness (QED) is 0.0933. The topological polar surface area (TPSA) is 140 Å². The molecule has 0 aromatic rings. The van der Waals surface area contributed by atoms with Gasteiger partial charge in [0.1, 0.15) is 25.7 Å². The average Bonchev–Trinajstić information content (AvgIpc) is 3.11. The number of nitrogens with zero attached hydrogens (tertiary/aromatic N) is 2. The third kappa shape index (κ3) is 18.3. The molecule has 0 saturated heterocycles. The van der Waals surface area contributed by atoms with Crippen molar-refractivity contribution in [3.63, 3.8) is 0 Å². The monoisotopic (exact) mass is 530 g/mol. The van der Waals surface area contributed by atoms with Gasteiger partial charge in [-0.25, -0.2) is 13.4 Å². The van der Waals surface area contributed by atoms with Crippen molar-refractivity contribution in [3.05, 3.63) is 0 Å². The minimum atomic E-state index is -4.48. The largest absolute Gasteiger partial charge is 1.00 e. The van der Waals surface area contributed by atoms with Gasteiger partial charge in [-0.1, -0.05) is 96.8 Å². The molecule has 0 spiro atoms. The fourth-order valence-electron chi connectivity index (χ4n) is 5.03. The Kier molecular flexibility index (Phi) is 24.1. The maximum atomic E-state index is 11.0. The molecule has 0 aliphatic carbocycles. The number of amidine groups is 1. The van der Waals surface area contributed by atoms with Crippen molar-refractivity contribution in [3.8, 4) is 0 Å². The van der Waals surface area contributed by atoms with E-state index in [1.165, 1.54) is 83.5 Å². The van der Waals surface area contributed by atoms with Crippen LogP contribution in [0.5, 0.6) is 0 Å². The van der Waals surface area contributed by atoms with Gasteiger partial charge in [-0.15, -0.1) is 0 Å². The molecule has 1 aliphatic heterocycles. The molecular weight excluding hydrogens is 479 g/mol. The SMILES string of the molecule is CCCCCCCCCCCCCCCCCC1=NCC[N+]1(CCO)CC(O)CS(=O)(=O)[O-].[Na+].[OH-]. The van der Waals surface area contributed by atoms with E-state index in [0.717, 1.165) is 25.1 Å². The first-order valence-corrected chi connectivity index (χ1v) is 15.0. The number of hydrogen-bond donors (Lipinski definition) is 2. The molecule has 1 heterocycles. The van der Waals surface area contributed by atoms with E-state index in [4.69, 9.17) is 0 Å². The molecular formula is C25H51N2NaO6S. The Morgan fingerprint density at radius 3 is 1.80 bits per heavy atom. The summed E-state index contributed by atoms with van der Waals surface area (Å²) in [5.74, 6) is 0.145. The summed E-state index contributed by atoms with van der Waals surface area (Å²) in [4.78, 5) is 4.60. The van der Waals surface area contributed by atoms with Crippen molar-refractivity contribution in [1.29, 1.82) is 0 Å². The molecule has 8 nitrogen and oxygen atoms in total. The van der Waals surface area contributed by atoms with E-state index in [1.54, 1.807) is 0 Å². The summed E-state index contributed by atoms with van der Waals surface area (Å²) in [6.07, 6.45) is 19.2. The molecule has 2 atom stereocenters. The Hall–Kier alpha value is 0.420. The van der Waals surface area contributed by atoms with E-state index in [1.807, 2.05) is 0 Å². The minimum Gasteiger partial charge on any atom is -0.870 e. The molecule has 3 N–H and O–H groups in total. The van der Waals surface area contributed by atoms with Crippen LogP contribution in [0.2, 0.25) is 0 Å². The average molecular weight is 531 g/mol. The number of hydrogen-bond acceptors (Lipinski definition) is 7. The number of unbranched alkanes of at least 4 members (excludes halogenated alkanes) is 14. The van der Waals surface area contributed by atoms with Crippen LogP contribution in [0, 0.1) is 0 Å². The van der Waals surface area contributed by atoms with Gasteiger partial charge in [-0.05, 0) is 6.42 Å². The minimum absolute atomic E-state index is 0. The van der Waals surface area contributed by atoms with E-state index in [-0.39, 0.29) is 48.2 Å². The van der Waals surface area contributed by atoms with E-state index in [2.05, 4.69) is 11.9 Å². The zero-order chi connectivity index (χ0) is 24.4. The summed E-state index contributed by atoms with van der Waals surface area (Å²) in [6.45, 7) is 3.98. The van der Waals surface area contributed by atoms with Crippen LogP contribution in [0.4, 0.5) is 0 Å². The Bertz CT molecular complexity index is 635. The number of quaternary nitrogens is 1. The second-order valence-electron chi connectivity index (χ2n) is 9.87. The van der Waals surface area contributed by atoms with Crippen LogP contribution < -0.4 is 29.6 Å². The van der Waals surface area contributed by atoms with E-state index in [0.29, 0.717) is 24.1 Å². The second kappa shape index (κ2) is 22.4. The Labute approximate surface area is 236 Å². The Morgan fingerprint density at radius 1 is 0.914 bits per heavy atom. The first kappa shape index (κ1) is 37.6. The van der Waals surface area contributed by atoms with Crippen molar-refractivity contribution < 1.29 is 62.7 Å². The van der Waals surface area contributed by atoms with E-state index in [9.17, 15) is 23.2 Å². The molecule has 10 heteroatoms. The summed E-state index contributed by atoms with van der Waals surface area (Å²) >= 11 is 0. The molecule has 0 saturated carbocycles. The molecule has 0 aromatic carbocycles. The van der Waals surface area contributed by atoms with Gasteiger partial charge in [0.25, 0.3) is 0 Å². The van der Waals surface area contributed by atoms with Gasteiger partial charge in [-0.3, -0.25) is 4.48 Å². The zero-order valence-corrected chi connectivity index (χ0v) is 25.3. The van der Waals surface area contributed by atoms with Gasteiger partial charge in [0.2, 0.25) is 0 Å². The summed E-state index contributed by atoms with van der Waals surface area (Å²) < 4.78 is 33.3. The van der Waals surface area contributed by atoms with Crippen molar-refractivity contribution in [2.24, 2.45) is 4.99 Å². The number of aliphatic imine (C=N–C) groups is 1. The van der Waals surface area contributed by atoms with Gasteiger partial charge in [-0.2, -0.15) is 0 Å². The molecule has 0 fully saturated rings. The number of aliphatic hydroxyl groups excluding tert-OH is 2. The predicted octanol–water partition coefficient (Wildman–Crippen LogP) is 1.20. The molecule has 0 aromatic heterocycles. The molecule has 35 heavy (non-hydrogen) atoms. The zero-order valence-electron chi connectivity index (χ0n) is 22.5.